The molecule has 1 aliphatic heterocycles. The normalized spacial score (nSPS) is 30.2. The van der Waals surface area contributed by atoms with Gasteiger partial charge in [0.25, 0.3) is 0 Å². The van der Waals surface area contributed by atoms with Gasteiger partial charge >= 0.3 is 10.2 Å². The monoisotopic (exact) mass is 336 g/mol. The fourth-order valence-electron chi connectivity index (χ4n) is 3.99. The smallest absolute Gasteiger partial charge is 0.303 e. The predicted octanol–water partition coefficient (Wildman–Crippen LogP) is 0.584. The highest BCUT2D eigenvalue weighted by Crippen LogP contribution is 2.61. The molecule has 1 N–H and O–H groups in total. The maximum absolute atomic E-state index is 12.5. The van der Waals surface area contributed by atoms with Crippen LogP contribution >= 0.6 is 0 Å². The van der Waals surface area contributed by atoms with Crippen molar-refractivity contribution in [3.63, 3.8) is 0 Å². The molecule has 1 heterocycles. The van der Waals surface area contributed by atoms with E-state index in [-0.39, 0.29) is 17.2 Å². The Hall–Kier alpha value is -1.44. The van der Waals surface area contributed by atoms with E-state index in [1.165, 1.54) is 15.4 Å². The third-order valence-corrected chi connectivity index (χ3v) is 6.83. The molecule has 2 atom stereocenters. The lowest BCUT2D eigenvalue weighted by Crippen LogP contribution is -2.49. The van der Waals surface area contributed by atoms with E-state index in [1.54, 1.807) is 0 Å². The van der Waals surface area contributed by atoms with Gasteiger partial charge in [-0.15, -0.1) is 0 Å². The van der Waals surface area contributed by atoms with Crippen LogP contribution in [0.2, 0.25) is 0 Å². The quantitative estimate of drug-likeness (QED) is 0.876. The predicted molar refractivity (Wildman–Crippen MR) is 84.0 cm³/mol. The van der Waals surface area contributed by atoms with Gasteiger partial charge in [-0.05, 0) is 30.4 Å². The van der Waals surface area contributed by atoms with Gasteiger partial charge in [0.15, 0.2) is 0 Å². The van der Waals surface area contributed by atoms with Crippen LogP contribution in [0.3, 0.4) is 0 Å². The van der Waals surface area contributed by atoms with Gasteiger partial charge in [-0.2, -0.15) is 12.7 Å². The van der Waals surface area contributed by atoms with Gasteiger partial charge in [0.2, 0.25) is 5.91 Å². The molecule has 1 saturated heterocycles. The van der Waals surface area contributed by atoms with Gasteiger partial charge in [-0.3, -0.25) is 4.79 Å². The first-order valence-corrected chi connectivity index (χ1v) is 9.45. The lowest BCUT2D eigenvalue weighted by molar-refractivity contribution is -0.121. The molecule has 124 valence electrons. The Kier molecular flexibility index (Phi) is 3.48. The van der Waals surface area contributed by atoms with Crippen LogP contribution in [0.15, 0.2) is 24.3 Å². The Labute approximate surface area is 136 Å². The Balaban J connectivity index is 1.48. The average Bonchev–Trinajstić information content (AvgIpc) is 3.18. The van der Waals surface area contributed by atoms with E-state index in [4.69, 9.17) is 4.74 Å². The highest BCUT2D eigenvalue weighted by Gasteiger charge is 2.61. The van der Waals surface area contributed by atoms with Crippen molar-refractivity contribution in [3.8, 4) is 0 Å². The molecule has 1 spiro atoms. The Morgan fingerprint density at radius 2 is 2.00 bits per heavy atom. The molecular weight excluding hydrogens is 316 g/mol. The number of hydrogen-bond acceptors (Lipinski definition) is 4. The van der Waals surface area contributed by atoms with E-state index in [2.05, 4.69) is 16.9 Å². The summed E-state index contributed by atoms with van der Waals surface area (Å²) in [6.45, 7) is 1.33. The summed E-state index contributed by atoms with van der Waals surface area (Å²) in [5.41, 5.74) is 2.38. The van der Waals surface area contributed by atoms with Crippen LogP contribution in [0.25, 0.3) is 0 Å². The lowest BCUT2D eigenvalue weighted by Gasteiger charge is -2.26. The standard InChI is InChI=1S/C16H20N2O4S/c19-15(17-23(20,21)18-7-9-22-10-8-18)14-11-16(14)6-5-12-3-1-2-4-13(12)16/h1-4,14H,5-11H2,(H,17,19)/t14-,16-/m1/s1. The van der Waals surface area contributed by atoms with Gasteiger partial charge < -0.3 is 4.74 Å². The molecular formula is C16H20N2O4S. The fraction of sp³-hybridized carbons (Fsp3) is 0.562. The number of carbonyl (C=O) groups is 1. The zero-order valence-corrected chi connectivity index (χ0v) is 13.6. The molecule has 3 aliphatic rings. The molecule has 4 rings (SSSR count). The van der Waals surface area contributed by atoms with Crippen LogP contribution < -0.4 is 4.72 Å². The number of morpholine rings is 1. The summed E-state index contributed by atoms with van der Waals surface area (Å²) in [5, 5.41) is 0. The Morgan fingerprint density at radius 1 is 1.26 bits per heavy atom. The van der Waals surface area contributed by atoms with Gasteiger partial charge in [-0.25, -0.2) is 4.72 Å². The minimum Gasteiger partial charge on any atom is -0.379 e. The highest BCUT2D eigenvalue weighted by atomic mass is 32.2. The van der Waals surface area contributed by atoms with Crippen molar-refractivity contribution in [1.29, 1.82) is 0 Å². The molecule has 2 fully saturated rings. The summed E-state index contributed by atoms with van der Waals surface area (Å²) in [5.74, 6) is -0.602. The lowest BCUT2D eigenvalue weighted by atomic mass is 9.95. The summed E-state index contributed by atoms with van der Waals surface area (Å²) < 4.78 is 33.3. The first-order valence-electron chi connectivity index (χ1n) is 8.01. The third-order valence-electron chi connectivity index (χ3n) is 5.33. The van der Waals surface area contributed by atoms with E-state index >= 15 is 0 Å². The maximum Gasteiger partial charge on any atom is 0.303 e. The van der Waals surface area contributed by atoms with Crippen molar-refractivity contribution in [2.75, 3.05) is 26.3 Å². The summed E-state index contributed by atoms with van der Waals surface area (Å²) in [4.78, 5) is 12.5. The highest BCUT2D eigenvalue weighted by molar-refractivity contribution is 7.87. The minimum atomic E-state index is -3.76. The van der Waals surface area contributed by atoms with Gasteiger partial charge in [0.1, 0.15) is 0 Å². The van der Waals surface area contributed by atoms with Crippen LogP contribution in [0, 0.1) is 5.92 Å². The molecule has 1 aromatic rings. The van der Waals surface area contributed by atoms with Crippen LogP contribution in [-0.4, -0.2) is 44.9 Å². The molecule has 7 heteroatoms. The minimum absolute atomic E-state index is 0.138. The number of amides is 1. The van der Waals surface area contributed by atoms with Crippen molar-refractivity contribution >= 4 is 16.1 Å². The number of benzene rings is 1. The van der Waals surface area contributed by atoms with Crippen molar-refractivity contribution in [3.05, 3.63) is 35.4 Å². The van der Waals surface area contributed by atoms with Crippen LogP contribution in [0.1, 0.15) is 24.0 Å². The van der Waals surface area contributed by atoms with E-state index in [1.807, 2.05) is 12.1 Å². The van der Waals surface area contributed by atoms with Gasteiger partial charge in [0.05, 0.1) is 13.2 Å². The number of carbonyl (C=O) groups excluding carboxylic acids is 1. The average molecular weight is 336 g/mol. The Bertz CT molecular complexity index is 742. The number of hydrogen-bond donors (Lipinski definition) is 1. The summed E-state index contributed by atoms with van der Waals surface area (Å²) in [6.07, 6.45) is 2.65. The van der Waals surface area contributed by atoms with E-state index < -0.39 is 10.2 Å². The van der Waals surface area contributed by atoms with Crippen molar-refractivity contribution in [2.24, 2.45) is 5.92 Å². The second-order valence-corrected chi connectivity index (χ2v) is 8.22. The van der Waals surface area contributed by atoms with Crippen LogP contribution in [0.5, 0.6) is 0 Å². The fourth-order valence-corrected chi connectivity index (χ4v) is 5.14. The van der Waals surface area contributed by atoms with E-state index in [0.29, 0.717) is 26.3 Å². The molecule has 1 amide bonds. The molecule has 0 unspecified atom stereocenters. The van der Waals surface area contributed by atoms with E-state index in [0.717, 1.165) is 19.3 Å². The third kappa shape index (κ3) is 2.47. The first kappa shape index (κ1) is 15.1. The molecule has 6 nitrogen and oxygen atoms in total. The van der Waals surface area contributed by atoms with E-state index in [9.17, 15) is 13.2 Å². The van der Waals surface area contributed by atoms with Crippen LogP contribution in [0.4, 0.5) is 0 Å². The largest absolute Gasteiger partial charge is 0.379 e. The second-order valence-electron chi connectivity index (χ2n) is 6.55. The second kappa shape index (κ2) is 5.29. The maximum atomic E-state index is 12.5. The molecule has 0 radical (unpaired) electrons. The summed E-state index contributed by atoms with van der Waals surface area (Å²) in [7, 11) is -3.76. The first-order chi connectivity index (χ1) is 11.0. The Morgan fingerprint density at radius 3 is 2.78 bits per heavy atom. The van der Waals surface area contributed by atoms with Crippen LogP contribution in [-0.2, 0) is 31.6 Å². The number of ether oxygens (including phenoxy) is 1. The molecule has 1 saturated carbocycles. The van der Waals surface area contributed by atoms with Gasteiger partial charge in [-0.1, -0.05) is 24.3 Å². The molecule has 0 aromatic heterocycles. The summed E-state index contributed by atoms with van der Waals surface area (Å²) >= 11 is 0. The van der Waals surface area contributed by atoms with Crippen molar-refractivity contribution in [1.82, 2.24) is 9.03 Å². The number of aryl methyl sites for hydroxylation is 1. The zero-order chi connectivity index (χ0) is 16.1. The molecule has 1 aromatic carbocycles. The SMILES string of the molecule is O=C(NS(=O)(=O)N1CCOCC1)[C@H]1C[C@@]12CCc1ccccc12. The molecule has 0 bridgehead atoms. The summed E-state index contributed by atoms with van der Waals surface area (Å²) in [6, 6.07) is 8.18. The molecule has 23 heavy (non-hydrogen) atoms. The topological polar surface area (TPSA) is 75.7 Å². The van der Waals surface area contributed by atoms with Gasteiger partial charge in [0, 0.05) is 24.4 Å². The number of fused-ring (bicyclic) bond motifs is 2. The zero-order valence-electron chi connectivity index (χ0n) is 12.8. The van der Waals surface area contributed by atoms with Crippen molar-refractivity contribution < 1.29 is 17.9 Å². The number of nitrogens with zero attached hydrogens (tertiary/aromatic N) is 1. The van der Waals surface area contributed by atoms with Crippen molar-refractivity contribution in [2.45, 2.75) is 24.7 Å². The number of nitrogens with one attached hydrogen (secondary N) is 1. The molecule has 2 aliphatic carbocycles. The number of rotatable bonds is 3.